The summed E-state index contributed by atoms with van der Waals surface area (Å²) in [6.45, 7) is 0. The number of carboxylic acid groups (broad SMARTS) is 1. The van der Waals surface area contributed by atoms with Crippen molar-refractivity contribution in [1.82, 2.24) is 5.32 Å². The molecule has 25 heavy (non-hydrogen) atoms. The van der Waals surface area contributed by atoms with E-state index >= 15 is 0 Å². The summed E-state index contributed by atoms with van der Waals surface area (Å²) >= 11 is 0. The fourth-order valence-electron chi connectivity index (χ4n) is 2.75. The van der Waals surface area contributed by atoms with Gasteiger partial charge in [0.25, 0.3) is 0 Å². The van der Waals surface area contributed by atoms with Crippen molar-refractivity contribution < 1.29 is 14.7 Å². The van der Waals surface area contributed by atoms with Crippen LogP contribution in [-0.2, 0) is 22.4 Å². The Kier molecular flexibility index (Phi) is 7.70. The third-order valence-corrected chi connectivity index (χ3v) is 4.13. The summed E-state index contributed by atoms with van der Waals surface area (Å²) in [6, 6.07) is 18.7. The zero-order chi connectivity index (χ0) is 17.9. The van der Waals surface area contributed by atoms with Crippen molar-refractivity contribution in [2.24, 2.45) is 0 Å². The molecule has 0 heterocycles. The van der Waals surface area contributed by atoms with Gasteiger partial charge in [-0.1, -0.05) is 67.1 Å². The number of nitrogens with one attached hydrogen (secondary N) is 1. The minimum atomic E-state index is -0.999. The fraction of sp³-hybridized carbons (Fsp3) is 0.333. The highest BCUT2D eigenvalue weighted by atomic mass is 16.4. The first-order chi connectivity index (χ1) is 12.1. The van der Waals surface area contributed by atoms with Crippen molar-refractivity contribution in [3.05, 3.63) is 71.8 Å². The number of amides is 1. The van der Waals surface area contributed by atoms with Gasteiger partial charge in [-0.25, -0.2) is 4.79 Å². The van der Waals surface area contributed by atoms with Crippen molar-refractivity contribution in [1.29, 1.82) is 0 Å². The van der Waals surface area contributed by atoms with Crippen LogP contribution in [0.3, 0.4) is 0 Å². The largest absolute Gasteiger partial charge is 0.480 e. The van der Waals surface area contributed by atoms with Crippen molar-refractivity contribution >= 4 is 11.9 Å². The zero-order valence-corrected chi connectivity index (χ0v) is 14.4. The maximum absolute atomic E-state index is 12.0. The third kappa shape index (κ3) is 7.21. The summed E-state index contributed by atoms with van der Waals surface area (Å²) in [4.78, 5) is 23.4. The normalized spacial score (nSPS) is 11.7. The molecule has 0 aliphatic carbocycles. The van der Waals surface area contributed by atoms with Crippen LogP contribution in [-0.4, -0.2) is 23.0 Å². The highest BCUT2D eigenvalue weighted by molar-refractivity contribution is 5.83. The van der Waals surface area contributed by atoms with Crippen LogP contribution in [0.1, 0.15) is 36.8 Å². The lowest BCUT2D eigenvalue weighted by atomic mass is 10.0. The average Bonchev–Trinajstić information content (AvgIpc) is 2.62. The number of aliphatic carboxylic acids is 1. The van der Waals surface area contributed by atoms with E-state index in [0.717, 1.165) is 31.2 Å². The highest BCUT2D eigenvalue weighted by Gasteiger charge is 2.19. The summed E-state index contributed by atoms with van der Waals surface area (Å²) in [6.07, 6.45) is 4.44. The molecule has 0 fully saturated rings. The highest BCUT2D eigenvalue weighted by Crippen LogP contribution is 2.08. The van der Waals surface area contributed by atoms with Gasteiger partial charge in [-0.15, -0.1) is 0 Å². The topological polar surface area (TPSA) is 66.4 Å². The fourth-order valence-corrected chi connectivity index (χ4v) is 2.75. The Morgan fingerprint density at radius 1 is 0.840 bits per heavy atom. The molecule has 0 spiro atoms. The lowest BCUT2D eigenvalue weighted by molar-refractivity contribution is -0.141. The lowest BCUT2D eigenvalue weighted by Crippen LogP contribution is -2.42. The molecule has 0 aliphatic rings. The Hall–Kier alpha value is -2.62. The molecule has 0 unspecified atom stereocenters. The van der Waals surface area contributed by atoms with E-state index in [-0.39, 0.29) is 5.91 Å². The van der Waals surface area contributed by atoms with Gasteiger partial charge in [0.05, 0.1) is 0 Å². The molecule has 0 aromatic heterocycles. The molecule has 1 amide bonds. The molecule has 4 heteroatoms. The van der Waals surface area contributed by atoms with Gasteiger partial charge in [0.2, 0.25) is 5.91 Å². The molecule has 132 valence electrons. The second-order valence-electron chi connectivity index (χ2n) is 6.19. The van der Waals surface area contributed by atoms with Gasteiger partial charge in [0.15, 0.2) is 0 Å². The van der Waals surface area contributed by atoms with Crippen molar-refractivity contribution in [2.45, 2.75) is 44.6 Å². The van der Waals surface area contributed by atoms with Gasteiger partial charge < -0.3 is 10.4 Å². The van der Waals surface area contributed by atoms with Gasteiger partial charge in [0.1, 0.15) is 6.04 Å². The number of rotatable bonds is 10. The smallest absolute Gasteiger partial charge is 0.326 e. The SMILES string of the molecule is O=C(CCCCCc1ccccc1)N[C@@H](Cc1ccccc1)C(=O)O. The molecule has 2 N–H and O–H groups in total. The molecule has 0 saturated carbocycles. The summed E-state index contributed by atoms with van der Waals surface area (Å²) in [5, 5.41) is 11.9. The summed E-state index contributed by atoms with van der Waals surface area (Å²) in [5.41, 5.74) is 2.21. The minimum absolute atomic E-state index is 0.192. The van der Waals surface area contributed by atoms with Crippen LogP contribution in [0.5, 0.6) is 0 Å². The number of hydrogen-bond acceptors (Lipinski definition) is 2. The summed E-state index contributed by atoms with van der Waals surface area (Å²) in [5.74, 6) is -1.19. The van der Waals surface area contributed by atoms with Crippen LogP contribution < -0.4 is 5.32 Å². The Morgan fingerprint density at radius 2 is 1.44 bits per heavy atom. The number of aryl methyl sites for hydroxylation is 1. The molecular weight excluding hydrogens is 314 g/mol. The van der Waals surface area contributed by atoms with Gasteiger partial charge in [-0.2, -0.15) is 0 Å². The van der Waals surface area contributed by atoms with Crippen LogP contribution >= 0.6 is 0 Å². The van der Waals surface area contributed by atoms with E-state index < -0.39 is 12.0 Å². The number of benzene rings is 2. The van der Waals surface area contributed by atoms with Crippen LogP contribution in [0.15, 0.2) is 60.7 Å². The summed E-state index contributed by atoms with van der Waals surface area (Å²) in [7, 11) is 0. The maximum atomic E-state index is 12.0. The monoisotopic (exact) mass is 339 g/mol. The van der Waals surface area contributed by atoms with Crippen LogP contribution in [0.2, 0.25) is 0 Å². The Balaban J connectivity index is 1.67. The predicted octanol–water partition coefficient (Wildman–Crippen LogP) is 3.60. The maximum Gasteiger partial charge on any atom is 0.326 e. The Morgan fingerprint density at radius 3 is 2.04 bits per heavy atom. The number of carbonyl (C=O) groups is 2. The number of unbranched alkanes of at least 4 members (excludes halogenated alkanes) is 2. The number of hydrogen-bond donors (Lipinski definition) is 2. The number of carboxylic acids is 1. The quantitative estimate of drug-likeness (QED) is 0.650. The average molecular weight is 339 g/mol. The molecule has 0 bridgehead atoms. The number of carbonyl (C=O) groups excluding carboxylic acids is 1. The van der Waals surface area contributed by atoms with Crippen LogP contribution in [0.4, 0.5) is 0 Å². The molecule has 0 aliphatic heterocycles. The van der Waals surface area contributed by atoms with Gasteiger partial charge in [-0.3, -0.25) is 4.79 Å². The molecule has 1 atom stereocenters. The lowest BCUT2D eigenvalue weighted by Gasteiger charge is -2.14. The minimum Gasteiger partial charge on any atom is -0.480 e. The van der Waals surface area contributed by atoms with Crippen LogP contribution in [0.25, 0.3) is 0 Å². The van der Waals surface area contributed by atoms with Gasteiger partial charge in [0, 0.05) is 12.8 Å². The second kappa shape index (κ2) is 10.3. The summed E-state index contributed by atoms with van der Waals surface area (Å²) < 4.78 is 0. The van der Waals surface area contributed by atoms with Crippen molar-refractivity contribution in [3.8, 4) is 0 Å². The Bertz CT molecular complexity index is 655. The molecule has 2 rings (SSSR count). The van der Waals surface area contributed by atoms with E-state index in [2.05, 4.69) is 17.4 Å². The van der Waals surface area contributed by atoms with E-state index in [1.54, 1.807) is 0 Å². The first kappa shape index (κ1) is 18.7. The molecule has 2 aromatic carbocycles. The van der Waals surface area contributed by atoms with Gasteiger partial charge in [-0.05, 0) is 30.4 Å². The van der Waals surface area contributed by atoms with E-state index in [9.17, 15) is 14.7 Å². The molecule has 0 saturated heterocycles. The van der Waals surface area contributed by atoms with Gasteiger partial charge >= 0.3 is 5.97 Å². The first-order valence-corrected chi connectivity index (χ1v) is 8.75. The zero-order valence-electron chi connectivity index (χ0n) is 14.4. The van der Waals surface area contributed by atoms with Crippen molar-refractivity contribution in [3.63, 3.8) is 0 Å². The third-order valence-electron chi connectivity index (χ3n) is 4.13. The standard InChI is InChI=1S/C21H25NO3/c23-20(15-9-3-6-12-17-10-4-1-5-11-17)22-19(21(24)25)16-18-13-7-2-8-14-18/h1-2,4-5,7-8,10-11,13-14,19H,3,6,9,12,15-16H2,(H,22,23)(H,24,25)/t19-/m0/s1. The second-order valence-corrected chi connectivity index (χ2v) is 6.19. The van der Waals surface area contributed by atoms with Crippen LogP contribution in [0, 0.1) is 0 Å². The van der Waals surface area contributed by atoms with E-state index in [1.165, 1.54) is 5.56 Å². The first-order valence-electron chi connectivity index (χ1n) is 8.75. The molecular formula is C21H25NO3. The van der Waals surface area contributed by atoms with E-state index in [0.29, 0.717) is 12.8 Å². The predicted molar refractivity (Wildman–Crippen MR) is 98.3 cm³/mol. The van der Waals surface area contributed by atoms with Crippen molar-refractivity contribution in [2.75, 3.05) is 0 Å². The Labute approximate surface area is 148 Å². The molecule has 4 nitrogen and oxygen atoms in total. The van der Waals surface area contributed by atoms with E-state index in [1.807, 2.05) is 48.5 Å². The molecule has 2 aromatic rings. The van der Waals surface area contributed by atoms with E-state index in [4.69, 9.17) is 0 Å². The molecule has 0 radical (unpaired) electrons.